The molecule has 1 N–H and O–H groups in total. The first-order valence-electron chi connectivity index (χ1n) is 10.3. The molecule has 1 aliphatic heterocycles. The number of hydrogen-bond acceptors (Lipinski definition) is 4. The molecule has 4 bridgehead atoms. The van der Waals surface area contributed by atoms with Crippen molar-refractivity contribution in [2.45, 2.75) is 62.9 Å². The number of amides is 1. The SMILES string of the molecule is CN1CCC(N(C)C(=O)/C(C#N)=C\NC23CC4CC(CC(C4)C2)C3)CC1. The molecule has 1 amide bonds. The largest absolute Gasteiger partial charge is 0.384 e. The molecule has 0 spiro atoms. The van der Waals surface area contributed by atoms with Crippen LogP contribution < -0.4 is 5.32 Å². The van der Waals surface area contributed by atoms with Crippen molar-refractivity contribution < 1.29 is 4.79 Å². The summed E-state index contributed by atoms with van der Waals surface area (Å²) in [6.45, 7) is 2.03. The second-order valence-electron chi connectivity index (χ2n) is 9.46. The van der Waals surface area contributed by atoms with E-state index in [2.05, 4.69) is 23.3 Å². The van der Waals surface area contributed by atoms with Crippen LogP contribution in [-0.2, 0) is 4.79 Å². The number of nitrogens with zero attached hydrogens (tertiary/aromatic N) is 3. The van der Waals surface area contributed by atoms with Crippen LogP contribution in [0.15, 0.2) is 11.8 Å². The molecule has 5 rings (SSSR count). The average molecular weight is 357 g/mol. The summed E-state index contributed by atoms with van der Waals surface area (Å²) in [7, 11) is 3.97. The van der Waals surface area contributed by atoms with Crippen LogP contribution in [-0.4, -0.2) is 54.5 Å². The Bertz CT molecular complexity index is 591. The summed E-state index contributed by atoms with van der Waals surface area (Å²) in [6, 6.07) is 2.41. The van der Waals surface area contributed by atoms with Crippen molar-refractivity contribution in [3.63, 3.8) is 0 Å². The Morgan fingerprint density at radius 2 is 1.69 bits per heavy atom. The second kappa shape index (κ2) is 6.88. The van der Waals surface area contributed by atoms with E-state index in [0.29, 0.717) is 0 Å². The molecule has 5 fully saturated rings. The molecule has 0 unspecified atom stereocenters. The van der Waals surface area contributed by atoms with Crippen LogP contribution in [0.2, 0.25) is 0 Å². The highest BCUT2D eigenvalue weighted by Gasteiger charge is 2.50. The zero-order valence-corrected chi connectivity index (χ0v) is 16.2. The van der Waals surface area contributed by atoms with E-state index >= 15 is 0 Å². The zero-order valence-electron chi connectivity index (χ0n) is 16.2. The van der Waals surface area contributed by atoms with Crippen LogP contribution >= 0.6 is 0 Å². The summed E-state index contributed by atoms with van der Waals surface area (Å²) >= 11 is 0. The average Bonchev–Trinajstić information content (AvgIpc) is 2.61. The number of likely N-dealkylation sites (N-methyl/N-ethyl adjacent to an activating group) is 1. The van der Waals surface area contributed by atoms with Crippen molar-refractivity contribution in [3.05, 3.63) is 11.8 Å². The first kappa shape index (κ1) is 17.9. The van der Waals surface area contributed by atoms with Gasteiger partial charge in [-0.25, -0.2) is 0 Å². The summed E-state index contributed by atoms with van der Waals surface area (Å²) < 4.78 is 0. The fraction of sp³-hybridized carbons (Fsp3) is 0.810. The Balaban J connectivity index is 1.42. The van der Waals surface area contributed by atoms with Crippen LogP contribution in [0.1, 0.15) is 51.4 Å². The third-order valence-corrected chi connectivity index (χ3v) is 7.47. The minimum absolute atomic E-state index is 0.126. The van der Waals surface area contributed by atoms with Crippen LogP contribution in [0.4, 0.5) is 0 Å². The van der Waals surface area contributed by atoms with Crippen molar-refractivity contribution in [1.82, 2.24) is 15.1 Å². The molecule has 5 aliphatic rings. The van der Waals surface area contributed by atoms with E-state index in [4.69, 9.17) is 0 Å². The van der Waals surface area contributed by atoms with E-state index < -0.39 is 0 Å². The molecule has 5 heteroatoms. The highest BCUT2D eigenvalue weighted by molar-refractivity contribution is 5.97. The van der Waals surface area contributed by atoms with Gasteiger partial charge in [0.05, 0.1) is 0 Å². The molecule has 0 aromatic carbocycles. The number of carbonyl (C=O) groups excluding carboxylic acids is 1. The summed E-state index contributed by atoms with van der Waals surface area (Å²) in [6.07, 6.45) is 11.6. The summed E-state index contributed by atoms with van der Waals surface area (Å²) in [4.78, 5) is 16.9. The fourth-order valence-electron chi connectivity index (χ4n) is 6.39. The molecule has 4 aliphatic carbocycles. The van der Waals surface area contributed by atoms with Gasteiger partial charge in [-0.2, -0.15) is 5.26 Å². The van der Waals surface area contributed by atoms with Gasteiger partial charge in [0.1, 0.15) is 11.6 Å². The van der Waals surface area contributed by atoms with Crippen LogP contribution in [0.25, 0.3) is 0 Å². The Morgan fingerprint density at radius 1 is 1.15 bits per heavy atom. The predicted octanol–water partition coefficient (Wildman–Crippen LogP) is 2.50. The van der Waals surface area contributed by atoms with Crippen LogP contribution in [0, 0.1) is 29.1 Å². The van der Waals surface area contributed by atoms with Crippen molar-refractivity contribution in [2.24, 2.45) is 17.8 Å². The Kier molecular flexibility index (Phi) is 4.73. The van der Waals surface area contributed by atoms with Gasteiger partial charge in [-0.15, -0.1) is 0 Å². The van der Waals surface area contributed by atoms with Gasteiger partial charge in [0, 0.05) is 24.8 Å². The lowest BCUT2D eigenvalue weighted by atomic mass is 9.53. The topological polar surface area (TPSA) is 59.4 Å². The van der Waals surface area contributed by atoms with Crippen molar-refractivity contribution in [1.29, 1.82) is 5.26 Å². The molecule has 4 saturated carbocycles. The molecule has 5 nitrogen and oxygen atoms in total. The molecule has 0 atom stereocenters. The van der Waals surface area contributed by atoms with Gasteiger partial charge < -0.3 is 15.1 Å². The van der Waals surface area contributed by atoms with E-state index in [9.17, 15) is 10.1 Å². The summed E-state index contributed by atoms with van der Waals surface area (Å²) in [5.41, 5.74) is 0.408. The number of likely N-dealkylation sites (tertiary alicyclic amines) is 1. The number of hydrogen-bond donors (Lipinski definition) is 1. The smallest absolute Gasteiger partial charge is 0.265 e. The highest BCUT2D eigenvalue weighted by Crippen LogP contribution is 2.55. The fourth-order valence-corrected chi connectivity index (χ4v) is 6.39. The molecule has 1 saturated heterocycles. The van der Waals surface area contributed by atoms with Crippen molar-refractivity contribution in [2.75, 3.05) is 27.2 Å². The first-order chi connectivity index (χ1) is 12.5. The van der Waals surface area contributed by atoms with E-state index in [-0.39, 0.29) is 23.1 Å². The lowest BCUT2D eigenvalue weighted by Crippen LogP contribution is -2.57. The second-order valence-corrected chi connectivity index (χ2v) is 9.46. The molecular weight excluding hydrogens is 324 g/mol. The minimum atomic E-state index is -0.126. The van der Waals surface area contributed by atoms with Gasteiger partial charge in [0.15, 0.2) is 0 Å². The lowest BCUT2D eigenvalue weighted by Gasteiger charge is -2.57. The van der Waals surface area contributed by atoms with Gasteiger partial charge >= 0.3 is 0 Å². The maximum Gasteiger partial charge on any atom is 0.265 e. The summed E-state index contributed by atoms with van der Waals surface area (Å²) in [5.74, 6) is 2.43. The van der Waals surface area contributed by atoms with Crippen molar-refractivity contribution in [3.8, 4) is 6.07 Å². The maximum atomic E-state index is 12.9. The van der Waals surface area contributed by atoms with Gasteiger partial charge in [0.2, 0.25) is 0 Å². The van der Waals surface area contributed by atoms with Crippen LogP contribution in [0.3, 0.4) is 0 Å². The molecule has 0 aromatic heterocycles. The van der Waals surface area contributed by atoms with E-state index in [1.165, 1.54) is 38.5 Å². The number of nitriles is 1. The van der Waals surface area contributed by atoms with E-state index in [0.717, 1.165) is 43.7 Å². The van der Waals surface area contributed by atoms with Gasteiger partial charge in [0.25, 0.3) is 5.91 Å². The third kappa shape index (κ3) is 3.36. The monoisotopic (exact) mass is 356 g/mol. The lowest BCUT2D eigenvalue weighted by molar-refractivity contribution is -0.128. The first-order valence-corrected chi connectivity index (χ1v) is 10.3. The highest BCUT2D eigenvalue weighted by atomic mass is 16.2. The number of rotatable bonds is 4. The molecule has 142 valence electrons. The van der Waals surface area contributed by atoms with Gasteiger partial charge in [-0.05, 0) is 89.3 Å². The standard InChI is InChI=1S/C21H32N4O/c1-24-5-3-19(4-6-24)25(2)20(26)18(13-22)14-23-21-10-15-7-16(11-21)9-17(8-15)12-21/h14-17,19,23H,3-12H2,1-2H3/b18-14-. The van der Waals surface area contributed by atoms with E-state index in [1.54, 1.807) is 11.1 Å². The molecule has 26 heavy (non-hydrogen) atoms. The van der Waals surface area contributed by atoms with Crippen molar-refractivity contribution >= 4 is 5.91 Å². The number of nitrogens with one attached hydrogen (secondary N) is 1. The molecule has 0 radical (unpaired) electrons. The Labute approximate surface area is 157 Å². The number of piperidine rings is 1. The molecule has 1 heterocycles. The van der Waals surface area contributed by atoms with Crippen LogP contribution in [0.5, 0.6) is 0 Å². The Hall–Kier alpha value is -1.54. The molecule has 0 aromatic rings. The quantitative estimate of drug-likeness (QED) is 0.621. The van der Waals surface area contributed by atoms with Gasteiger partial charge in [-0.1, -0.05) is 0 Å². The minimum Gasteiger partial charge on any atom is -0.384 e. The maximum absolute atomic E-state index is 12.9. The predicted molar refractivity (Wildman–Crippen MR) is 101 cm³/mol. The van der Waals surface area contributed by atoms with Gasteiger partial charge in [-0.3, -0.25) is 4.79 Å². The normalized spacial score (nSPS) is 37.4. The molecular formula is C21H32N4O. The summed E-state index contributed by atoms with van der Waals surface area (Å²) in [5, 5.41) is 13.2. The zero-order chi connectivity index (χ0) is 18.3. The van der Waals surface area contributed by atoms with E-state index in [1.807, 2.05) is 7.05 Å². The third-order valence-electron chi connectivity index (χ3n) is 7.47. The number of carbonyl (C=O) groups is 1. The Morgan fingerprint density at radius 3 is 2.19 bits per heavy atom.